The fourth-order valence-corrected chi connectivity index (χ4v) is 5.40. The fourth-order valence-electron chi connectivity index (χ4n) is 5.40. The summed E-state index contributed by atoms with van der Waals surface area (Å²) in [5, 5.41) is 13.9. The molecule has 0 spiro atoms. The molecule has 35 heavy (non-hydrogen) atoms. The number of H-pyrrole nitrogens is 1. The van der Waals surface area contributed by atoms with E-state index in [1.807, 2.05) is 16.8 Å². The van der Waals surface area contributed by atoms with Gasteiger partial charge in [-0.15, -0.1) is 5.10 Å². The second-order valence-corrected chi connectivity index (χ2v) is 9.84. The molecule has 8 heteroatoms. The van der Waals surface area contributed by atoms with E-state index in [9.17, 15) is 4.79 Å². The van der Waals surface area contributed by atoms with Crippen LogP contribution in [0.1, 0.15) is 79.8 Å². The van der Waals surface area contributed by atoms with Gasteiger partial charge in [0.1, 0.15) is 12.3 Å². The Morgan fingerprint density at radius 1 is 1.20 bits per heavy atom. The van der Waals surface area contributed by atoms with Crippen molar-refractivity contribution in [2.45, 2.75) is 84.5 Å². The van der Waals surface area contributed by atoms with Crippen molar-refractivity contribution in [2.24, 2.45) is 0 Å². The van der Waals surface area contributed by atoms with Gasteiger partial charge >= 0.3 is 0 Å². The highest BCUT2D eigenvalue weighted by Gasteiger charge is 2.33. The number of benzene rings is 1. The van der Waals surface area contributed by atoms with Crippen LogP contribution in [0.2, 0.25) is 0 Å². The van der Waals surface area contributed by atoms with Crippen LogP contribution in [0.3, 0.4) is 0 Å². The summed E-state index contributed by atoms with van der Waals surface area (Å²) in [4.78, 5) is 18.8. The number of furan rings is 1. The lowest BCUT2D eigenvalue weighted by molar-refractivity contribution is 0.108. The quantitative estimate of drug-likeness (QED) is 0.365. The molecule has 1 aromatic carbocycles. The molecule has 0 radical (unpaired) electrons. The molecule has 3 aromatic heterocycles. The topological polar surface area (TPSA) is 92.8 Å². The predicted molar refractivity (Wildman–Crippen MR) is 135 cm³/mol. The van der Waals surface area contributed by atoms with E-state index in [4.69, 9.17) is 4.42 Å². The van der Waals surface area contributed by atoms with E-state index in [2.05, 4.69) is 64.4 Å². The predicted octanol–water partition coefficient (Wildman–Crippen LogP) is 5.06. The molecule has 3 heterocycles. The third-order valence-corrected chi connectivity index (χ3v) is 7.39. The average molecular weight is 475 g/mol. The second kappa shape index (κ2) is 10.2. The van der Waals surface area contributed by atoms with Gasteiger partial charge < -0.3 is 9.40 Å². The number of aryl methyl sites for hydroxylation is 2. The molecule has 0 unspecified atom stereocenters. The van der Waals surface area contributed by atoms with Crippen molar-refractivity contribution in [3.63, 3.8) is 0 Å². The standard InChI is InChI=1S/C27H34N6O2/c1-4-8-25(26-29-30-31-33(26)17-23-11-7-12-35-23)32(22-9-5-6-10-22)16-21-15-20-13-18(2)19(3)14-24(20)28-27(21)34/h7,11-15,22,25H,4-6,8-10,16-17H2,1-3H3,(H,28,34)/t25-/m1/s1. The maximum absolute atomic E-state index is 13.2. The van der Waals surface area contributed by atoms with Crippen LogP contribution in [-0.2, 0) is 13.1 Å². The lowest BCUT2D eigenvalue weighted by Gasteiger charge is -2.35. The highest BCUT2D eigenvalue weighted by atomic mass is 16.3. The molecule has 184 valence electrons. The van der Waals surface area contributed by atoms with Crippen molar-refractivity contribution < 1.29 is 4.42 Å². The maximum atomic E-state index is 13.2. The Kier molecular flexibility index (Phi) is 6.81. The summed E-state index contributed by atoms with van der Waals surface area (Å²) < 4.78 is 7.40. The van der Waals surface area contributed by atoms with Gasteiger partial charge in [0.25, 0.3) is 5.56 Å². The number of hydrogen-bond donors (Lipinski definition) is 1. The maximum Gasteiger partial charge on any atom is 0.252 e. The Hall–Kier alpha value is -3.26. The first kappa shape index (κ1) is 23.5. The van der Waals surface area contributed by atoms with Gasteiger partial charge in [0.2, 0.25) is 0 Å². The summed E-state index contributed by atoms with van der Waals surface area (Å²) >= 11 is 0. The van der Waals surface area contributed by atoms with Crippen molar-refractivity contribution in [2.75, 3.05) is 0 Å². The lowest BCUT2D eigenvalue weighted by atomic mass is 10.0. The van der Waals surface area contributed by atoms with Gasteiger partial charge in [0.15, 0.2) is 5.82 Å². The van der Waals surface area contributed by atoms with Crippen molar-refractivity contribution in [3.05, 3.63) is 75.2 Å². The van der Waals surface area contributed by atoms with Gasteiger partial charge in [0.05, 0.1) is 12.3 Å². The largest absolute Gasteiger partial charge is 0.467 e. The van der Waals surface area contributed by atoms with Crippen molar-refractivity contribution in [1.82, 2.24) is 30.1 Å². The third-order valence-electron chi connectivity index (χ3n) is 7.39. The van der Waals surface area contributed by atoms with E-state index in [1.165, 1.54) is 24.0 Å². The molecule has 5 rings (SSSR count). The van der Waals surface area contributed by atoms with E-state index in [-0.39, 0.29) is 11.6 Å². The number of rotatable bonds is 9. The first-order valence-electron chi connectivity index (χ1n) is 12.7. The van der Waals surface area contributed by atoms with Gasteiger partial charge in [0, 0.05) is 23.7 Å². The van der Waals surface area contributed by atoms with Crippen LogP contribution in [-0.4, -0.2) is 36.1 Å². The van der Waals surface area contributed by atoms with Crippen molar-refractivity contribution in [1.29, 1.82) is 0 Å². The van der Waals surface area contributed by atoms with Crippen LogP contribution >= 0.6 is 0 Å². The summed E-state index contributed by atoms with van der Waals surface area (Å²) in [5.74, 6) is 1.65. The first-order valence-corrected chi connectivity index (χ1v) is 12.7. The van der Waals surface area contributed by atoms with E-state index in [0.717, 1.165) is 53.7 Å². The summed E-state index contributed by atoms with van der Waals surface area (Å²) in [7, 11) is 0. The molecule has 0 bridgehead atoms. The minimum absolute atomic E-state index is 0.0166. The molecule has 1 N–H and O–H groups in total. The summed E-state index contributed by atoms with van der Waals surface area (Å²) in [6.07, 6.45) is 8.26. The molecule has 1 atom stereocenters. The van der Waals surface area contributed by atoms with Gasteiger partial charge in [-0.2, -0.15) is 0 Å². The molecular weight excluding hydrogens is 440 g/mol. The number of nitrogens with zero attached hydrogens (tertiary/aromatic N) is 5. The number of aromatic amines is 1. The molecule has 0 aliphatic heterocycles. The molecule has 0 saturated heterocycles. The molecule has 1 saturated carbocycles. The molecule has 0 amide bonds. The number of hydrogen-bond acceptors (Lipinski definition) is 6. The third kappa shape index (κ3) is 4.93. The summed E-state index contributed by atoms with van der Waals surface area (Å²) in [6.45, 7) is 7.43. The Bertz CT molecular complexity index is 1330. The Balaban J connectivity index is 1.53. The van der Waals surface area contributed by atoms with E-state index in [1.54, 1.807) is 6.26 Å². The van der Waals surface area contributed by atoms with Crippen LogP contribution in [0.4, 0.5) is 0 Å². The Morgan fingerprint density at radius 2 is 2.00 bits per heavy atom. The average Bonchev–Trinajstić information content (AvgIpc) is 3.62. The van der Waals surface area contributed by atoms with Crippen LogP contribution in [0.15, 0.2) is 45.8 Å². The first-order chi connectivity index (χ1) is 17.0. The molecule has 1 fully saturated rings. The molecule has 1 aliphatic rings. The van der Waals surface area contributed by atoms with Gasteiger partial charge in [-0.1, -0.05) is 26.2 Å². The Labute approximate surface area is 205 Å². The molecule has 4 aromatic rings. The van der Waals surface area contributed by atoms with Gasteiger partial charge in [-0.3, -0.25) is 9.69 Å². The minimum Gasteiger partial charge on any atom is -0.467 e. The fraction of sp³-hybridized carbons (Fsp3) is 0.481. The van der Waals surface area contributed by atoms with E-state index < -0.39 is 0 Å². The smallest absolute Gasteiger partial charge is 0.252 e. The zero-order chi connectivity index (χ0) is 24.4. The number of nitrogens with one attached hydrogen (secondary N) is 1. The highest BCUT2D eigenvalue weighted by molar-refractivity contribution is 5.80. The zero-order valence-corrected chi connectivity index (χ0v) is 20.8. The highest BCUT2D eigenvalue weighted by Crippen LogP contribution is 2.34. The monoisotopic (exact) mass is 474 g/mol. The van der Waals surface area contributed by atoms with Crippen LogP contribution in [0.25, 0.3) is 10.9 Å². The van der Waals surface area contributed by atoms with E-state index in [0.29, 0.717) is 19.1 Å². The number of aromatic nitrogens is 5. The van der Waals surface area contributed by atoms with Crippen LogP contribution in [0, 0.1) is 13.8 Å². The Morgan fingerprint density at radius 3 is 2.74 bits per heavy atom. The lowest BCUT2D eigenvalue weighted by Crippen LogP contribution is -2.39. The normalized spacial score (nSPS) is 15.4. The second-order valence-electron chi connectivity index (χ2n) is 9.84. The van der Waals surface area contributed by atoms with Crippen molar-refractivity contribution >= 4 is 10.9 Å². The zero-order valence-electron chi connectivity index (χ0n) is 20.8. The summed E-state index contributed by atoms with van der Waals surface area (Å²) in [5.41, 5.74) is 4.07. The van der Waals surface area contributed by atoms with Crippen LogP contribution in [0.5, 0.6) is 0 Å². The van der Waals surface area contributed by atoms with Gasteiger partial charge in [-0.25, -0.2) is 4.68 Å². The minimum atomic E-state index is -0.0193. The van der Waals surface area contributed by atoms with Crippen LogP contribution < -0.4 is 5.56 Å². The molecule has 1 aliphatic carbocycles. The summed E-state index contributed by atoms with van der Waals surface area (Å²) in [6, 6.07) is 10.5. The SMILES string of the molecule is CCC[C@H](c1nnnn1Cc1ccco1)N(Cc1cc2cc(C)c(C)cc2[nH]c1=O)C1CCCC1. The number of tetrazole rings is 1. The number of pyridine rings is 1. The number of fused-ring (bicyclic) bond motifs is 1. The van der Waals surface area contributed by atoms with Gasteiger partial charge in [-0.05, 0) is 90.4 Å². The van der Waals surface area contributed by atoms with E-state index >= 15 is 0 Å². The molecular formula is C27H34N6O2. The molecule has 8 nitrogen and oxygen atoms in total. The van der Waals surface area contributed by atoms with Crippen molar-refractivity contribution in [3.8, 4) is 0 Å².